The van der Waals surface area contributed by atoms with E-state index in [4.69, 9.17) is 29.9 Å². The molecule has 0 amide bonds. The topological polar surface area (TPSA) is 104 Å². The first kappa shape index (κ1) is 22.2. The number of aromatic nitrogens is 3. The third-order valence-corrected chi connectivity index (χ3v) is 5.76. The number of nitrogen functional groups attached to an aromatic ring is 1. The van der Waals surface area contributed by atoms with E-state index in [9.17, 15) is 0 Å². The SMILES string of the molecule is COc1cc(-c2nc(Nc3ccc4nc(C)cc(N)c4c3)c3ccccc3n2)cc(OC)c1OC. The number of ether oxygens (including phenoxy) is 3. The van der Waals surface area contributed by atoms with Gasteiger partial charge in [-0.05, 0) is 55.5 Å². The van der Waals surface area contributed by atoms with Crippen molar-refractivity contribution in [3.63, 3.8) is 0 Å². The highest BCUT2D eigenvalue weighted by Crippen LogP contribution is 2.41. The van der Waals surface area contributed by atoms with Crippen molar-refractivity contribution in [2.24, 2.45) is 0 Å². The third kappa shape index (κ3) is 4.10. The van der Waals surface area contributed by atoms with Crippen molar-refractivity contribution in [2.75, 3.05) is 32.4 Å². The number of rotatable bonds is 6. The fourth-order valence-electron chi connectivity index (χ4n) is 4.12. The molecule has 176 valence electrons. The summed E-state index contributed by atoms with van der Waals surface area (Å²) in [6, 6.07) is 19.3. The van der Waals surface area contributed by atoms with Gasteiger partial charge in [0, 0.05) is 33.4 Å². The van der Waals surface area contributed by atoms with Crippen molar-refractivity contribution in [1.29, 1.82) is 0 Å². The molecule has 5 aromatic rings. The number of anilines is 3. The lowest BCUT2D eigenvalue weighted by Crippen LogP contribution is -2.01. The monoisotopic (exact) mass is 467 g/mol. The maximum Gasteiger partial charge on any atom is 0.203 e. The van der Waals surface area contributed by atoms with E-state index in [1.807, 2.05) is 67.6 Å². The van der Waals surface area contributed by atoms with E-state index in [1.54, 1.807) is 21.3 Å². The van der Waals surface area contributed by atoms with Gasteiger partial charge in [0.15, 0.2) is 17.3 Å². The van der Waals surface area contributed by atoms with Crippen LogP contribution in [0.15, 0.2) is 60.7 Å². The number of nitrogens with two attached hydrogens (primary N) is 1. The maximum absolute atomic E-state index is 6.26. The Bertz CT molecular complexity index is 1540. The highest BCUT2D eigenvalue weighted by molar-refractivity contribution is 5.96. The molecule has 0 radical (unpaired) electrons. The number of hydrogen-bond acceptors (Lipinski definition) is 8. The minimum absolute atomic E-state index is 0.510. The molecule has 2 aromatic heterocycles. The number of pyridine rings is 1. The first-order valence-corrected chi connectivity index (χ1v) is 11.0. The number of hydrogen-bond donors (Lipinski definition) is 2. The molecule has 8 heteroatoms. The molecule has 3 N–H and O–H groups in total. The Balaban J connectivity index is 1.64. The van der Waals surface area contributed by atoms with Crippen LogP contribution in [0.4, 0.5) is 17.2 Å². The molecule has 5 rings (SSSR count). The van der Waals surface area contributed by atoms with Gasteiger partial charge in [0.2, 0.25) is 5.75 Å². The molecular weight excluding hydrogens is 442 g/mol. The number of fused-ring (bicyclic) bond motifs is 2. The van der Waals surface area contributed by atoms with E-state index < -0.39 is 0 Å². The van der Waals surface area contributed by atoms with Gasteiger partial charge in [-0.3, -0.25) is 4.98 Å². The minimum atomic E-state index is 0.510. The summed E-state index contributed by atoms with van der Waals surface area (Å²) < 4.78 is 16.5. The first-order chi connectivity index (χ1) is 17.0. The van der Waals surface area contributed by atoms with Crippen LogP contribution < -0.4 is 25.3 Å². The van der Waals surface area contributed by atoms with Crippen LogP contribution in [-0.4, -0.2) is 36.3 Å². The Morgan fingerprint density at radius 3 is 2.17 bits per heavy atom. The molecule has 3 aromatic carbocycles. The summed E-state index contributed by atoms with van der Waals surface area (Å²) in [5.41, 5.74) is 11.0. The van der Waals surface area contributed by atoms with E-state index in [0.717, 1.165) is 38.8 Å². The molecule has 0 saturated heterocycles. The van der Waals surface area contributed by atoms with Crippen LogP contribution in [0, 0.1) is 6.92 Å². The summed E-state index contributed by atoms with van der Waals surface area (Å²) in [6.45, 7) is 1.93. The molecule has 35 heavy (non-hydrogen) atoms. The lowest BCUT2D eigenvalue weighted by molar-refractivity contribution is 0.324. The summed E-state index contributed by atoms with van der Waals surface area (Å²) in [5.74, 6) is 2.75. The standard InChI is InChI=1S/C27H25N5O3/c1-15-11-20(28)19-14-17(9-10-22(19)29-15)30-27-18-7-5-6-8-21(18)31-26(32-27)16-12-23(33-2)25(35-4)24(13-16)34-3/h5-14H,1-4H3,(H2,28,29)(H,30,31,32). The highest BCUT2D eigenvalue weighted by Gasteiger charge is 2.17. The number of aryl methyl sites for hydroxylation is 1. The quantitative estimate of drug-likeness (QED) is 0.337. The summed E-state index contributed by atoms with van der Waals surface area (Å²) >= 11 is 0. The molecule has 2 heterocycles. The normalized spacial score (nSPS) is 11.0. The lowest BCUT2D eigenvalue weighted by Gasteiger charge is -2.15. The highest BCUT2D eigenvalue weighted by atomic mass is 16.5. The number of para-hydroxylation sites is 1. The number of nitrogens with one attached hydrogen (secondary N) is 1. The predicted molar refractivity (Wildman–Crippen MR) is 139 cm³/mol. The van der Waals surface area contributed by atoms with Gasteiger partial charge in [0.1, 0.15) is 5.82 Å². The predicted octanol–water partition coefficient (Wildman–Crippen LogP) is 5.51. The molecule has 0 aliphatic rings. The van der Waals surface area contributed by atoms with Gasteiger partial charge >= 0.3 is 0 Å². The van der Waals surface area contributed by atoms with Crippen LogP contribution in [0.25, 0.3) is 33.2 Å². The number of benzene rings is 3. The summed E-state index contributed by atoms with van der Waals surface area (Å²) in [5, 5.41) is 5.22. The Morgan fingerprint density at radius 1 is 0.743 bits per heavy atom. The number of methoxy groups -OCH3 is 3. The Morgan fingerprint density at radius 2 is 1.46 bits per heavy atom. The van der Waals surface area contributed by atoms with E-state index >= 15 is 0 Å². The average Bonchev–Trinajstić information content (AvgIpc) is 2.88. The zero-order valence-electron chi connectivity index (χ0n) is 19.9. The van der Waals surface area contributed by atoms with Crippen LogP contribution in [0.5, 0.6) is 17.2 Å². The second-order valence-electron chi connectivity index (χ2n) is 8.04. The van der Waals surface area contributed by atoms with Gasteiger partial charge in [-0.15, -0.1) is 0 Å². The molecule has 8 nitrogen and oxygen atoms in total. The van der Waals surface area contributed by atoms with Crippen molar-refractivity contribution in [2.45, 2.75) is 6.92 Å². The fourth-order valence-corrected chi connectivity index (χ4v) is 4.12. The smallest absolute Gasteiger partial charge is 0.203 e. The number of nitrogens with zero attached hydrogens (tertiary/aromatic N) is 3. The molecule has 0 bridgehead atoms. The van der Waals surface area contributed by atoms with Gasteiger partial charge < -0.3 is 25.3 Å². The minimum Gasteiger partial charge on any atom is -0.493 e. The lowest BCUT2D eigenvalue weighted by atomic mass is 10.1. The van der Waals surface area contributed by atoms with Crippen molar-refractivity contribution < 1.29 is 14.2 Å². The van der Waals surface area contributed by atoms with Crippen molar-refractivity contribution in [1.82, 2.24) is 15.0 Å². The van der Waals surface area contributed by atoms with Gasteiger partial charge in [-0.1, -0.05) is 12.1 Å². The molecular formula is C27H25N5O3. The average molecular weight is 468 g/mol. The summed E-state index contributed by atoms with van der Waals surface area (Å²) in [7, 11) is 4.73. The van der Waals surface area contributed by atoms with E-state index in [0.29, 0.717) is 34.6 Å². The van der Waals surface area contributed by atoms with Gasteiger partial charge in [-0.25, -0.2) is 9.97 Å². The second kappa shape index (κ2) is 8.98. The zero-order chi connectivity index (χ0) is 24.5. The Labute approximate surface area is 202 Å². The van der Waals surface area contributed by atoms with Gasteiger partial charge in [0.25, 0.3) is 0 Å². The second-order valence-corrected chi connectivity index (χ2v) is 8.04. The summed E-state index contributed by atoms with van der Waals surface area (Å²) in [4.78, 5) is 14.2. The van der Waals surface area contributed by atoms with Crippen LogP contribution in [0.2, 0.25) is 0 Å². The van der Waals surface area contributed by atoms with E-state index in [2.05, 4.69) is 10.3 Å². The van der Waals surface area contributed by atoms with Crippen molar-refractivity contribution in [3.05, 3.63) is 66.4 Å². The first-order valence-electron chi connectivity index (χ1n) is 11.0. The molecule has 0 saturated carbocycles. The maximum atomic E-state index is 6.26. The van der Waals surface area contributed by atoms with Crippen LogP contribution in [-0.2, 0) is 0 Å². The molecule has 0 fully saturated rings. The largest absolute Gasteiger partial charge is 0.493 e. The zero-order valence-corrected chi connectivity index (χ0v) is 19.9. The molecule has 0 atom stereocenters. The van der Waals surface area contributed by atoms with Crippen LogP contribution in [0.3, 0.4) is 0 Å². The van der Waals surface area contributed by atoms with Crippen LogP contribution in [0.1, 0.15) is 5.69 Å². The molecule has 0 aliphatic heterocycles. The molecule has 0 spiro atoms. The van der Waals surface area contributed by atoms with Crippen molar-refractivity contribution in [3.8, 4) is 28.6 Å². The van der Waals surface area contributed by atoms with E-state index in [1.165, 1.54) is 0 Å². The third-order valence-electron chi connectivity index (χ3n) is 5.76. The molecule has 0 unspecified atom stereocenters. The fraction of sp³-hybridized carbons (Fsp3) is 0.148. The van der Waals surface area contributed by atoms with E-state index in [-0.39, 0.29) is 0 Å². The Hall–Kier alpha value is -4.59. The Kier molecular flexibility index (Phi) is 5.70. The van der Waals surface area contributed by atoms with Gasteiger partial charge in [0.05, 0.1) is 32.4 Å². The molecule has 0 aliphatic carbocycles. The van der Waals surface area contributed by atoms with Crippen LogP contribution >= 0.6 is 0 Å². The van der Waals surface area contributed by atoms with Gasteiger partial charge in [-0.2, -0.15) is 0 Å². The summed E-state index contributed by atoms with van der Waals surface area (Å²) in [6.07, 6.45) is 0. The van der Waals surface area contributed by atoms with Crippen molar-refractivity contribution >= 4 is 39.0 Å².